The number of aromatic nitrogens is 1. The zero-order chi connectivity index (χ0) is 15.9. The van der Waals surface area contributed by atoms with E-state index >= 15 is 0 Å². The maximum Gasteiger partial charge on any atom is 0.319 e. The molecule has 0 saturated carbocycles. The molecule has 0 saturated heterocycles. The second-order valence-electron chi connectivity index (χ2n) is 5.47. The maximum atomic E-state index is 12.0. The molecule has 0 fully saturated rings. The first-order valence-corrected chi connectivity index (χ1v) is 7.24. The molecule has 2 aromatic rings. The van der Waals surface area contributed by atoms with Crippen molar-refractivity contribution < 1.29 is 4.79 Å². The lowest BCUT2D eigenvalue weighted by Gasteiger charge is -2.24. The number of carbonyl (C=O) groups is 1. The van der Waals surface area contributed by atoms with E-state index in [1.165, 1.54) is 0 Å². The van der Waals surface area contributed by atoms with Crippen LogP contribution in [0.25, 0.3) is 0 Å². The second kappa shape index (κ2) is 7.56. The molecule has 0 bridgehead atoms. The maximum absolute atomic E-state index is 12.0. The Morgan fingerprint density at radius 1 is 1.27 bits per heavy atom. The van der Waals surface area contributed by atoms with Gasteiger partial charge in [0.2, 0.25) is 0 Å². The number of amides is 2. The molecule has 0 spiro atoms. The van der Waals surface area contributed by atoms with Crippen LogP contribution in [0, 0.1) is 6.92 Å². The fourth-order valence-electron chi connectivity index (χ4n) is 2.26. The molecule has 1 heterocycles. The van der Waals surface area contributed by atoms with Gasteiger partial charge in [0.1, 0.15) is 0 Å². The highest BCUT2D eigenvalue weighted by Gasteiger charge is 2.15. The summed E-state index contributed by atoms with van der Waals surface area (Å²) in [5, 5.41) is 5.76. The number of pyridine rings is 1. The number of hydrogen-bond acceptors (Lipinski definition) is 3. The number of urea groups is 1. The lowest BCUT2D eigenvalue weighted by atomic mass is 10.1. The van der Waals surface area contributed by atoms with Gasteiger partial charge in [-0.1, -0.05) is 18.2 Å². The van der Waals surface area contributed by atoms with Gasteiger partial charge >= 0.3 is 6.03 Å². The summed E-state index contributed by atoms with van der Waals surface area (Å²) in [7, 11) is 3.97. The van der Waals surface area contributed by atoms with E-state index < -0.39 is 0 Å². The smallest absolute Gasteiger partial charge is 0.319 e. The van der Waals surface area contributed by atoms with Crippen molar-refractivity contribution in [2.75, 3.05) is 26.0 Å². The molecule has 2 N–H and O–H groups in total. The summed E-state index contributed by atoms with van der Waals surface area (Å²) in [5.41, 5.74) is 2.97. The van der Waals surface area contributed by atoms with Gasteiger partial charge in [-0.05, 0) is 50.3 Å². The Hall–Kier alpha value is -2.40. The van der Waals surface area contributed by atoms with Gasteiger partial charge in [0.15, 0.2) is 0 Å². The third-order valence-electron chi connectivity index (χ3n) is 3.42. The van der Waals surface area contributed by atoms with E-state index in [1.807, 2.05) is 63.6 Å². The summed E-state index contributed by atoms with van der Waals surface area (Å²) in [6, 6.07) is 11.5. The highest BCUT2D eigenvalue weighted by molar-refractivity contribution is 5.89. The number of benzene rings is 1. The topological polar surface area (TPSA) is 57.3 Å². The molecule has 1 aromatic carbocycles. The summed E-state index contributed by atoms with van der Waals surface area (Å²) in [6.45, 7) is 2.50. The number of hydrogen-bond donors (Lipinski definition) is 2. The zero-order valence-corrected chi connectivity index (χ0v) is 13.2. The first kappa shape index (κ1) is 16.0. The molecule has 5 heteroatoms. The Morgan fingerprint density at radius 3 is 2.73 bits per heavy atom. The van der Waals surface area contributed by atoms with Crippen LogP contribution >= 0.6 is 0 Å². The highest BCUT2D eigenvalue weighted by Crippen LogP contribution is 2.16. The van der Waals surface area contributed by atoms with E-state index in [0.717, 1.165) is 16.8 Å². The monoisotopic (exact) mass is 298 g/mol. The van der Waals surface area contributed by atoms with Crippen LogP contribution in [0.2, 0.25) is 0 Å². The second-order valence-corrected chi connectivity index (χ2v) is 5.47. The van der Waals surface area contributed by atoms with Gasteiger partial charge in [-0.2, -0.15) is 0 Å². The molecule has 1 aromatic heterocycles. The molecule has 1 atom stereocenters. The van der Waals surface area contributed by atoms with Crippen molar-refractivity contribution in [3.8, 4) is 0 Å². The Kier molecular flexibility index (Phi) is 5.49. The first-order valence-electron chi connectivity index (χ1n) is 7.24. The summed E-state index contributed by atoms with van der Waals surface area (Å²) < 4.78 is 0. The van der Waals surface area contributed by atoms with Crippen molar-refractivity contribution in [2.24, 2.45) is 0 Å². The van der Waals surface area contributed by atoms with Crippen molar-refractivity contribution >= 4 is 11.7 Å². The normalized spacial score (nSPS) is 12.0. The lowest BCUT2D eigenvalue weighted by Crippen LogP contribution is -2.36. The van der Waals surface area contributed by atoms with Gasteiger partial charge in [0.05, 0.1) is 6.04 Å². The van der Waals surface area contributed by atoms with Gasteiger partial charge < -0.3 is 15.5 Å². The average molecular weight is 298 g/mol. The summed E-state index contributed by atoms with van der Waals surface area (Å²) >= 11 is 0. The molecule has 0 unspecified atom stereocenters. The van der Waals surface area contributed by atoms with E-state index in [4.69, 9.17) is 0 Å². The minimum Gasteiger partial charge on any atom is -0.336 e. The Bertz CT molecular complexity index is 613. The molecule has 0 aliphatic heterocycles. The van der Waals surface area contributed by atoms with Gasteiger partial charge in [-0.25, -0.2) is 4.79 Å². The Balaban J connectivity index is 1.94. The van der Waals surface area contributed by atoms with Crippen LogP contribution in [-0.2, 0) is 0 Å². The van der Waals surface area contributed by atoms with Crippen molar-refractivity contribution in [3.63, 3.8) is 0 Å². The molecule has 0 aliphatic rings. The number of rotatable bonds is 5. The van der Waals surface area contributed by atoms with E-state index in [1.54, 1.807) is 6.20 Å². The van der Waals surface area contributed by atoms with E-state index in [-0.39, 0.29) is 12.1 Å². The molecule has 2 rings (SSSR count). The van der Waals surface area contributed by atoms with Crippen LogP contribution in [0.15, 0.2) is 48.8 Å². The molecule has 22 heavy (non-hydrogen) atoms. The Labute approximate surface area is 131 Å². The van der Waals surface area contributed by atoms with Crippen molar-refractivity contribution in [3.05, 3.63) is 59.9 Å². The first-order chi connectivity index (χ1) is 10.6. The molecule has 5 nitrogen and oxygen atoms in total. The minimum absolute atomic E-state index is 0.0805. The van der Waals surface area contributed by atoms with Crippen LogP contribution in [0.3, 0.4) is 0 Å². The average Bonchev–Trinajstić information content (AvgIpc) is 2.48. The zero-order valence-electron chi connectivity index (χ0n) is 13.2. The number of aryl methyl sites for hydroxylation is 1. The molecular weight excluding hydrogens is 276 g/mol. The van der Waals surface area contributed by atoms with Crippen molar-refractivity contribution in [2.45, 2.75) is 13.0 Å². The van der Waals surface area contributed by atoms with Gasteiger partial charge in [0.25, 0.3) is 0 Å². The molecule has 2 amide bonds. The minimum atomic E-state index is -0.207. The van der Waals surface area contributed by atoms with E-state index in [9.17, 15) is 4.79 Å². The third kappa shape index (κ3) is 4.56. The molecular formula is C17H22N4O. The van der Waals surface area contributed by atoms with Crippen molar-refractivity contribution in [1.29, 1.82) is 0 Å². The quantitative estimate of drug-likeness (QED) is 0.892. The van der Waals surface area contributed by atoms with Crippen LogP contribution in [0.5, 0.6) is 0 Å². The predicted molar refractivity (Wildman–Crippen MR) is 88.9 cm³/mol. The third-order valence-corrected chi connectivity index (χ3v) is 3.42. The fourth-order valence-corrected chi connectivity index (χ4v) is 2.26. The SMILES string of the molecule is Cc1cccc(NC(=O)NC[C@@H](c2cccnc2)N(C)C)c1. The summed E-state index contributed by atoms with van der Waals surface area (Å²) in [5.74, 6) is 0. The fraction of sp³-hybridized carbons (Fsp3) is 0.294. The van der Waals surface area contributed by atoms with Crippen LogP contribution in [-0.4, -0.2) is 36.6 Å². The summed E-state index contributed by atoms with van der Waals surface area (Å²) in [6.07, 6.45) is 3.57. The van der Waals surface area contributed by atoms with Crippen LogP contribution in [0.4, 0.5) is 10.5 Å². The predicted octanol–water partition coefficient (Wildman–Crippen LogP) is 2.81. The largest absolute Gasteiger partial charge is 0.336 e. The molecule has 116 valence electrons. The van der Waals surface area contributed by atoms with Crippen LogP contribution in [0.1, 0.15) is 17.2 Å². The number of likely N-dealkylation sites (N-methyl/N-ethyl adjacent to an activating group) is 1. The standard InChI is InChI=1S/C17H22N4O/c1-13-6-4-8-15(10-13)20-17(22)19-12-16(21(2)3)14-7-5-9-18-11-14/h4-11,16H,12H2,1-3H3,(H2,19,20,22)/t16-/m0/s1. The number of nitrogens with zero attached hydrogens (tertiary/aromatic N) is 2. The molecule has 0 aliphatic carbocycles. The molecule has 0 radical (unpaired) electrons. The number of anilines is 1. The van der Waals surface area contributed by atoms with E-state index in [0.29, 0.717) is 6.54 Å². The van der Waals surface area contributed by atoms with Gasteiger partial charge in [-0.3, -0.25) is 4.98 Å². The summed E-state index contributed by atoms with van der Waals surface area (Å²) in [4.78, 5) is 18.2. The highest BCUT2D eigenvalue weighted by atomic mass is 16.2. The Morgan fingerprint density at radius 2 is 2.09 bits per heavy atom. The van der Waals surface area contributed by atoms with Gasteiger partial charge in [-0.15, -0.1) is 0 Å². The van der Waals surface area contributed by atoms with Crippen molar-refractivity contribution in [1.82, 2.24) is 15.2 Å². The number of nitrogens with one attached hydrogen (secondary N) is 2. The van der Waals surface area contributed by atoms with Crippen LogP contribution < -0.4 is 10.6 Å². The van der Waals surface area contributed by atoms with Gasteiger partial charge in [0, 0.05) is 24.6 Å². The lowest BCUT2D eigenvalue weighted by molar-refractivity contribution is 0.243. The number of carbonyl (C=O) groups excluding carboxylic acids is 1. The van der Waals surface area contributed by atoms with E-state index in [2.05, 4.69) is 20.5 Å².